The molecule has 0 spiro atoms. The van der Waals surface area contributed by atoms with E-state index < -0.39 is 0 Å². The van der Waals surface area contributed by atoms with Crippen LogP contribution in [0.15, 0.2) is 30.3 Å². The molecule has 1 aromatic rings. The van der Waals surface area contributed by atoms with Crippen molar-refractivity contribution in [3.63, 3.8) is 0 Å². The van der Waals surface area contributed by atoms with Crippen LogP contribution in [0, 0.1) is 0 Å². The van der Waals surface area contributed by atoms with Crippen molar-refractivity contribution in [3.8, 4) is 0 Å². The number of hydrogen-bond donors (Lipinski definition) is 2. The van der Waals surface area contributed by atoms with Gasteiger partial charge in [-0.05, 0) is 38.4 Å². The van der Waals surface area contributed by atoms with Crippen LogP contribution < -0.4 is 10.2 Å². The summed E-state index contributed by atoms with van der Waals surface area (Å²) in [5, 5.41) is 13.2. The van der Waals surface area contributed by atoms with Crippen molar-refractivity contribution >= 4 is 5.69 Å². The summed E-state index contributed by atoms with van der Waals surface area (Å²) in [5.74, 6) is 0. The third-order valence-electron chi connectivity index (χ3n) is 3.59. The molecule has 0 aliphatic carbocycles. The molecule has 20 heavy (non-hydrogen) atoms. The maximum absolute atomic E-state index is 9.74. The number of aliphatic hydroxyl groups is 1. The Bertz CT molecular complexity index is 355. The van der Waals surface area contributed by atoms with Gasteiger partial charge in [-0.25, -0.2) is 0 Å². The van der Waals surface area contributed by atoms with E-state index in [0.29, 0.717) is 0 Å². The van der Waals surface area contributed by atoms with Crippen LogP contribution >= 0.6 is 0 Å². The maximum atomic E-state index is 9.74. The average molecular weight is 278 g/mol. The number of rotatable bonds is 10. The largest absolute Gasteiger partial charge is 0.394 e. The number of anilines is 1. The zero-order valence-corrected chi connectivity index (χ0v) is 13.2. The standard InChI is InChI=1S/C17H30N2O/c1-4-6-13-19(16-10-8-7-9-11-16)14-17(3,15-20)18-12-5-2/h7-11,18,20H,4-6,12-15H2,1-3H3. The molecule has 0 heterocycles. The first-order valence-electron chi connectivity index (χ1n) is 7.81. The Balaban J connectivity index is 2.77. The second-order valence-corrected chi connectivity index (χ2v) is 5.76. The number of nitrogens with zero attached hydrogens (tertiary/aromatic N) is 1. The molecular weight excluding hydrogens is 248 g/mol. The third-order valence-corrected chi connectivity index (χ3v) is 3.59. The van der Waals surface area contributed by atoms with Gasteiger partial charge in [-0.15, -0.1) is 0 Å². The highest BCUT2D eigenvalue weighted by Gasteiger charge is 2.25. The summed E-state index contributed by atoms with van der Waals surface area (Å²) in [5.41, 5.74) is 0.985. The number of benzene rings is 1. The number of para-hydroxylation sites is 1. The van der Waals surface area contributed by atoms with E-state index in [-0.39, 0.29) is 12.1 Å². The van der Waals surface area contributed by atoms with Gasteiger partial charge in [-0.3, -0.25) is 0 Å². The molecule has 0 aliphatic heterocycles. The highest BCUT2D eigenvalue weighted by Crippen LogP contribution is 2.18. The van der Waals surface area contributed by atoms with Gasteiger partial charge < -0.3 is 15.3 Å². The van der Waals surface area contributed by atoms with E-state index in [1.807, 2.05) is 6.07 Å². The van der Waals surface area contributed by atoms with Gasteiger partial charge in [-0.1, -0.05) is 38.5 Å². The molecule has 114 valence electrons. The van der Waals surface area contributed by atoms with Crippen LogP contribution in [0.5, 0.6) is 0 Å². The van der Waals surface area contributed by atoms with Crippen molar-refractivity contribution in [1.29, 1.82) is 0 Å². The fraction of sp³-hybridized carbons (Fsp3) is 0.647. The van der Waals surface area contributed by atoms with E-state index in [4.69, 9.17) is 0 Å². The summed E-state index contributed by atoms with van der Waals surface area (Å²) < 4.78 is 0. The van der Waals surface area contributed by atoms with Gasteiger partial charge in [0.25, 0.3) is 0 Å². The lowest BCUT2D eigenvalue weighted by molar-refractivity contribution is 0.178. The summed E-state index contributed by atoms with van der Waals surface area (Å²) >= 11 is 0. The van der Waals surface area contributed by atoms with Crippen molar-refractivity contribution in [2.24, 2.45) is 0 Å². The molecular formula is C17H30N2O. The molecule has 1 unspecified atom stereocenters. The number of aliphatic hydroxyl groups excluding tert-OH is 1. The van der Waals surface area contributed by atoms with E-state index in [1.54, 1.807) is 0 Å². The van der Waals surface area contributed by atoms with Gasteiger partial charge in [0.05, 0.1) is 12.1 Å². The Kier molecular flexibility index (Phi) is 7.63. The molecule has 1 aromatic carbocycles. The molecule has 3 nitrogen and oxygen atoms in total. The van der Waals surface area contributed by atoms with Gasteiger partial charge >= 0.3 is 0 Å². The highest BCUT2D eigenvalue weighted by molar-refractivity contribution is 5.46. The molecule has 2 N–H and O–H groups in total. The summed E-state index contributed by atoms with van der Waals surface area (Å²) in [7, 11) is 0. The van der Waals surface area contributed by atoms with Crippen LogP contribution in [0.4, 0.5) is 5.69 Å². The molecule has 3 heteroatoms. The fourth-order valence-corrected chi connectivity index (χ4v) is 2.30. The molecule has 0 amide bonds. The minimum absolute atomic E-state index is 0.155. The van der Waals surface area contributed by atoms with Gasteiger partial charge in [0.2, 0.25) is 0 Å². The Labute approximate surface area is 124 Å². The summed E-state index contributed by atoms with van der Waals surface area (Å²) in [6, 6.07) is 10.5. The first-order chi connectivity index (χ1) is 9.65. The van der Waals surface area contributed by atoms with Crippen molar-refractivity contribution in [3.05, 3.63) is 30.3 Å². The quantitative estimate of drug-likeness (QED) is 0.690. The van der Waals surface area contributed by atoms with Gasteiger partial charge in [0.1, 0.15) is 0 Å². The molecule has 1 rings (SSSR count). The van der Waals surface area contributed by atoms with Crippen LogP contribution in [0.2, 0.25) is 0 Å². The van der Waals surface area contributed by atoms with Crippen molar-refractivity contribution in [2.75, 3.05) is 31.1 Å². The van der Waals surface area contributed by atoms with Gasteiger partial charge in [0.15, 0.2) is 0 Å². The molecule has 0 aliphatic rings. The Morgan fingerprint density at radius 2 is 1.85 bits per heavy atom. The SMILES string of the molecule is CCCCN(CC(C)(CO)NCCC)c1ccccc1. The molecule has 0 aromatic heterocycles. The predicted octanol–water partition coefficient (Wildman–Crippen LogP) is 3.04. The monoisotopic (exact) mass is 278 g/mol. The lowest BCUT2D eigenvalue weighted by atomic mass is 10.0. The molecule has 0 bridgehead atoms. The van der Waals surface area contributed by atoms with Crippen LogP contribution in [0.1, 0.15) is 40.0 Å². The van der Waals surface area contributed by atoms with Crippen LogP contribution in [-0.4, -0.2) is 36.9 Å². The van der Waals surface area contributed by atoms with E-state index >= 15 is 0 Å². The normalized spacial score (nSPS) is 14.0. The minimum Gasteiger partial charge on any atom is -0.394 e. The van der Waals surface area contributed by atoms with Crippen LogP contribution in [0.25, 0.3) is 0 Å². The molecule has 1 atom stereocenters. The summed E-state index contributed by atoms with van der Waals surface area (Å²) in [6.07, 6.45) is 3.43. The van der Waals surface area contributed by atoms with E-state index in [2.05, 4.69) is 55.3 Å². The van der Waals surface area contributed by atoms with Crippen molar-refractivity contribution in [1.82, 2.24) is 5.32 Å². The highest BCUT2D eigenvalue weighted by atomic mass is 16.3. The van der Waals surface area contributed by atoms with Crippen LogP contribution in [-0.2, 0) is 0 Å². The average Bonchev–Trinajstić information content (AvgIpc) is 2.50. The van der Waals surface area contributed by atoms with Crippen LogP contribution in [0.3, 0.4) is 0 Å². The predicted molar refractivity (Wildman–Crippen MR) is 87.3 cm³/mol. The van der Waals surface area contributed by atoms with E-state index in [1.165, 1.54) is 18.5 Å². The van der Waals surface area contributed by atoms with Gasteiger partial charge in [0, 0.05) is 18.8 Å². The maximum Gasteiger partial charge on any atom is 0.0627 e. The second kappa shape index (κ2) is 8.98. The number of nitrogens with one attached hydrogen (secondary N) is 1. The number of unbranched alkanes of at least 4 members (excludes halogenated alkanes) is 1. The zero-order valence-electron chi connectivity index (χ0n) is 13.2. The smallest absolute Gasteiger partial charge is 0.0627 e. The first kappa shape index (κ1) is 17.0. The zero-order chi connectivity index (χ0) is 14.8. The minimum atomic E-state index is -0.250. The van der Waals surface area contributed by atoms with Crippen molar-refractivity contribution in [2.45, 2.75) is 45.6 Å². The number of hydrogen-bond acceptors (Lipinski definition) is 3. The topological polar surface area (TPSA) is 35.5 Å². The molecule has 0 radical (unpaired) electrons. The summed E-state index contributed by atoms with van der Waals surface area (Å²) in [4.78, 5) is 2.38. The van der Waals surface area contributed by atoms with E-state index in [0.717, 1.165) is 26.1 Å². The van der Waals surface area contributed by atoms with Crippen molar-refractivity contribution < 1.29 is 5.11 Å². The molecule has 0 fully saturated rings. The Morgan fingerprint density at radius 1 is 1.15 bits per heavy atom. The molecule has 0 saturated carbocycles. The lowest BCUT2D eigenvalue weighted by Gasteiger charge is -2.36. The summed E-state index contributed by atoms with van der Waals surface area (Å²) in [6.45, 7) is 9.42. The lowest BCUT2D eigenvalue weighted by Crippen LogP contribution is -2.54. The first-order valence-corrected chi connectivity index (χ1v) is 7.81. The fourth-order valence-electron chi connectivity index (χ4n) is 2.30. The Hall–Kier alpha value is -1.06. The Morgan fingerprint density at radius 3 is 2.40 bits per heavy atom. The second-order valence-electron chi connectivity index (χ2n) is 5.76. The van der Waals surface area contributed by atoms with E-state index in [9.17, 15) is 5.11 Å². The molecule has 0 saturated heterocycles. The van der Waals surface area contributed by atoms with Gasteiger partial charge in [-0.2, -0.15) is 0 Å². The third kappa shape index (κ3) is 5.51.